The quantitative estimate of drug-likeness (QED) is 0.850. The van der Waals surface area contributed by atoms with Crippen molar-refractivity contribution >= 4 is 5.97 Å². The summed E-state index contributed by atoms with van der Waals surface area (Å²) < 4.78 is 15.9. The lowest BCUT2D eigenvalue weighted by Gasteiger charge is -2.22. The largest absolute Gasteiger partial charge is 0.486 e. The summed E-state index contributed by atoms with van der Waals surface area (Å²) in [5.74, 6) is 0.474. The summed E-state index contributed by atoms with van der Waals surface area (Å²) in [6.07, 6.45) is 0.799. The average molecular weight is 280 g/mol. The topological polar surface area (TPSA) is 65.0 Å². The van der Waals surface area contributed by atoms with Crippen LogP contribution >= 0.6 is 0 Å². The van der Waals surface area contributed by atoms with Crippen LogP contribution in [0, 0.1) is 0 Å². The molecule has 110 valence electrons. The van der Waals surface area contributed by atoms with Crippen LogP contribution in [0.4, 0.5) is 0 Å². The Morgan fingerprint density at radius 1 is 1.50 bits per heavy atom. The third kappa shape index (κ3) is 2.88. The van der Waals surface area contributed by atoms with Crippen molar-refractivity contribution in [3.63, 3.8) is 0 Å². The molecule has 1 N–H and O–H groups in total. The number of benzene rings is 1. The molecule has 1 unspecified atom stereocenters. The van der Waals surface area contributed by atoms with Gasteiger partial charge in [-0.05, 0) is 26.8 Å². The molecule has 1 atom stereocenters. The number of aliphatic hydroxyl groups is 1. The number of para-hydroxylation sites is 1. The van der Waals surface area contributed by atoms with Crippen LogP contribution in [-0.2, 0) is 16.0 Å². The predicted molar refractivity (Wildman–Crippen MR) is 73.0 cm³/mol. The highest BCUT2D eigenvalue weighted by Gasteiger charge is 2.35. The first-order chi connectivity index (χ1) is 9.25. The van der Waals surface area contributed by atoms with Gasteiger partial charge in [0.15, 0.2) is 17.1 Å². The molecule has 0 radical (unpaired) electrons. The minimum atomic E-state index is -1.69. The summed E-state index contributed by atoms with van der Waals surface area (Å²) in [6, 6.07) is 5.61. The van der Waals surface area contributed by atoms with Gasteiger partial charge in [-0.15, -0.1) is 0 Å². The maximum absolute atomic E-state index is 11.4. The number of hydrogen-bond donors (Lipinski definition) is 1. The number of fused-ring (bicyclic) bond motifs is 1. The summed E-state index contributed by atoms with van der Waals surface area (Å²) in [5.41, 5.74) is -0.900. The Balaban J connectivity index is 2.13. The fraction of sp³-hybridized carbons (Fsp3) is 0.533. The molecule has 2 rings (SSSR count). The van der Waals surface area contributed by atoms with Crippen LogP contribution in [0.15, 0.2) is 18.2 Å². The first-order valence-electron chi connectivity index (χ1n) is 6.50. The standard InChI is InChI=1S/C15H20O5/c1-14(2)8-10-6-5-7-11(12(10)20-14)19-9-15(3,17)13(16)18-4/h5-7,17H,8-9H2,1-4H3. The normalized spacial score (nSPS) is 18.6. The predicted octanol–water partition coefficient (Wildman–Crippen LogP) is 1.70. The highest BCUT2D eigenvalue weighted by Crippen LogP contribution is 2.41. The van der Waals surface area contributed by atoms with Crippen molar-refractivity contribution in [1.82, 2.24) is 0 Å². The van der Waals surface area contributed by atoms with Crippen molar-refractivity contribution < 1.29 is 24.1 Å². The van der Waals surface area contributed by atoms with E-state index in [9.17, 15) is 9.90 Å². The molecule has 1 heterocycles. The zero-order valence-corrected chi connectivity index (χ0v) is 12.2. The molecule has 1 aromatic rings. The molecule has 1 aromatic carbocycles. The zero-order valence-electron chi connectivity index (χ0n) is 12.2. The maximum Gasteiger partial charge on any atom is 0.341 e. The van der Waals surface area contributed by atoms with Crippen molar-refractivity contribution in [3.8, 4) is 11.5 Å². The third-order valence-corrected chi connectivity index (χ3v) is 3.19. The van der Waals surface area contributed by atoms with Gasteiger partial charge >= 0.3 is 5.97 Å². The SMILES string of the molecule is COC(=O)C(C)(O)COc1cccc2c1OC(C)(C)C2. The van der Waals surface area contributed by atoms with Crippen LogP contribution in [0.3, 0.4) is 0 Å². The fourth-order valence-electron chi connectivity index (χ4n) is 2.20. The minimum absolute atomic E-state index is 0.195. The lowest BCUT2D eigenvalue weighted by Crippen LogP contribution is -2.42. The Hall–Kier alpha value is -1.75. The van der Waals surface area contributed by atoms with Gasteiger partial charge in [-0.2, -0.15) is 0 Å². The molecular weight excluding hydrogens is 260 g/mol. The first kappa shape index (κ1) is 14.7. The molecule has 0 amide bonds. The van der Waals surface area contributed by atoms with Crippen molar-refractivity contribution in [2.75, 3.05) is 13.7 Å². The molecule has 0 spiro atoms. The lowest BCUT2D eigenvalue weighted by molar-refractivity contribution is -0.163. The van der Waals surface area contributed by atoms with Crippen LogP contribution < -0.4 is 9.47 Å². The highest BCUT2D eigenvalue weighted by molar-refractivity contribution is 5.78. The molecule has 0 aromatic heterocycles. The van der Waals surface area contributed by atoms with E-state index in [1.165, 1.54) is 14.0 Å². The minimum Gasteiger partial charge on any atom is -0.486 e. The summed E-state index contributed by atoms with van der Waals surface area (Å²) in [6.45, 7) is 5.16. The summed E-state index contributed by atoms with van der Waals surface area (Å²) >= 11 is 0. The van der Waals surface area contributed by atoms with Gasteiger partial charge in [-0.1, -0.05) is 12.1 Å². The van der Waals surface area contributed by atoms with Gasteiger partial charge in [-0.3, -0.25) is 0 Å². The van der Waals surface area contributed by atoms with Crippen molar-refractivity contribution in [1.29, 1.82) is 0 Å². The van der Waals surface area contributed by atoms with Gasteiger partial charge in [0.05, 0.1) is 7.11 Å². The van der Waals surface area contributed by atoms with E-state index in [1.807, 2.05) is 26.0 Å². The van der Waals surface area contributed by atoms with Gasteiger partial charge in [0.1, 0.15) is 12.2 Å². The second-order valence-corrected chi connectivity index (χ2v) is 5.84. The lowest BCUT2D eigenvalue weighted by atomic mass is 10.0. The van der Waals surface area contributed by atoms with E-state index in [-0.39, 0.29) is 12.2 Å². The average Bonchev–Trinajstić information content (AvgIpc) is 2.69. The van der Waals surface area contributed by atoms with Crippen molar-refractivity contribution in [2.45, 2.75) is 38.4 Å². The third-order valence-electron chi connectivity index (χ3n) is 3.19. The summed E-state index contributed by atoms with van der Waals surface area (Å²) in [7, 11) is 1.22. The van der Waals surface area contributed by atoms with E-state index in [2.05, 4.69) is 4.74 Å². The van der Waals surface area contributed by atoms with E-state index in [0.717, 1.165) is 12.0 Å². The van der Waals surface area contributed by atoms with Gasteiger partial charge in [0, 0.05) is 12.0 Å². The monoisotopic (exact) mass is 280 g/mol. The van der Waals surface area contributed by atoms with E-state index >= 15 is 0 Å². The number of esters is 1. The van der Waals surface area contributed by atoms with Crippen LogP contribution in [0.5, 0.6) is 11.5 Å². The van der Waals surface area contributed by atoms with E-state index in [4.69, 9.17) is 9.47 Å². The number of carbonyl (C=O) groups excluding carboxylic acids is 1. The number of rotatable bonds is 4. The Kier molecular flexibility index (Phi) is 3.65. The van der Waals surface area contributed by atoms with Crippen LogP contribution in [0.25, 0.3) is 0 Å². The summed E-state index contributed by atoms with van der Waals surface area (Å²) in [4.78, 5) is 11.4. The maximum atomic E-state index is 11.4. The summed E-state index contributed by atoms with van der Waals surface area (Å²) in [5, 5.41) is 9.96. The smallest absolute Gasteiger partial charge is 0.341 e. The van der Waals surface area contributed by atoms with Crippen LogP contribution in [0.1, 0.15) is 26.3 Å². The van der Waals surface area contributed by atoms with Crippen molar-refractivity contribution in [2.24, 2.45) is 0 Å². The molecule has 5 heteroatoms. The number of carbonyl (C=O) groups is 1. The number of hydrogen-bond acceptors (Lipinski definition) is 5. The van der Waals surface area contributed by atoms with Crippen LogP contribution in [0.2, 0.25) is 0 Å². The molecule has 0 saturated heterocycles. The molecule has 0 fully saturated rings. The van der Waals surface area contributed by atoms with Gasteiger partial charge < -0.3 is 19.3 Å². The first-order valence-corrected chi connectivity index (χ1v) is 6.50. The highest BCUT2D eigenvalue weighted by atomic mass is 16.6. The second-order valence-electron chi connectivity index (χ2n) is 5.84. The van der Waals surface area contributed by atoms with E-state index in [0.29, 0.717) is 11.5 Å². The van der Waals surface area contributed by atoms with Crippen molar-refractivity contribution in [3.05, 3.63) is 23.8 Å². The molecule has 0 saturated carbocycles. The Labute approximate surface area is 118 Å². The van der Waals surface area contributed by atoms with Gasteiger partial charge in [0.25, 0.3) is 0 Å². The fourth-order valence-corrected chi connectivity index (χ4v) is 2.20. The van der Waals surface area contributed by atoms with Gasteiger partial charge in [0.2, 0.25) is 0 Å². The second kappa shape index (κ2) is 4.98. The molecule has 1 aliphatic heterocycles. The van der Waals surface area contributed by atoms with E-state index < -0.39 is 11.6 Å². The molecule has 1 aliphatic rings. The Morgan fingerprint density at radius 3 is 2.85 bits per heavy atom. The number of ether oxygens (including phenoxy) is 3. The van der Waals surface area contributed by atoms with Crippen LogP contribution in [-0.4, -0.2) is 36.0 Å². The molecule has 20 heavy (non-hydrogen) atoms. The number of methoxy groups -OCH3 is 1. The Morgan fingerprint density at radius 2 is 2.20 bits per heavy atom. The molecule has 0 bridgehead atoms. The molecule has 0 aliphatic carbocycles. The molecular formula is C15H20O5. The van der Waals surface area contributed by atoms with E-state index in [1.54, 1.807) is 6.07 Å². The molecule has 5 nitrogen and oxygen atoms in total. The Bertz CT molecular complexity index is 519. The zero-order chi connectivity index (χ0) is 15.0. The van der Waals surface area contributed by atoms with Gasteiger partial charge in [-0.25, -0.2) is 4.79 Å².